The van der Waals surface area contributed by atoms with Crippen molar-refractivity contribution in [3.63, 3.8) is 0 Å². The van der Waals surface area contributed by atoms with Crippen LogP contribution in [-0.2, 0) is 14.6 Å². The summed E-state index contributed by atoms with van der Waals surface area (Å²) < 4.78 is 31.3. The third kappa shape index (κ3) is 5.28. The van der Waals surface area contributed by atoms with Crippen LogP contribution in [0, 0.1) is 6.92 Å². The van der Waals surface area contributed by atoms with E-state index in [4.69, 9.17) is 21.3 Å². The molecule has 4 rings (SSSR count). The van der Waals surface area contributed by atoms with E-state index in [0.717, 1.165) is 28.9 Å². The molecule has 1 amide bonds. The molecule has 0 saturated carbocycles. The molecule has 34 heavy (non-hydrogen) atoms. The molecule has 3 aromatic rings. The van der Waals surface area contributed by atoms with E-state index in [9.17, 15) is 13.2 Å². The van der Waals surface area contributed by atoms with Gasteiger partial charge in [-0.05, 0) is 62.7 Å². The quantitative estimate of drug-likeness (QED) is 0.458. The number of halogens is 1. The van der Waals surface area contributed by atoms with Gasteiger partial charge in [-0.1, -0.05) is 22.9 Å². The fraction of sp³-hybridized carbons (Fsp3) is 0.417. The van der Waals surface area contributed by atoms with E-state index in [0.29, 0.717) is 42.0 Å². The van der Waals surface area contributed by atoms with Gasteiger partial charge in [0.2, 0.25) is 0 Å². The molecule has 0 unspecified atom stereocenters. The number of nitrogens with zero attached hydrogens (tertiary/aromatic N) is 3. The van der Waals surface area contributed by atoms with Crippen molar-refractivity contribution in [1.29, 1.82) is 0 Å². The maximum Gasteiger partial charge on any atom is 0.260 e. The molecule has 0 bridgehead atoms. The van der Waals surface area contributed by atoms with E-state index in [2.05, 4.69) is 4.90 Å². The Morgan fingerprint density at radius 1 is 1.21 bits per heavy atom. The molecule has 7 nitrogen and oxygen atoms in total. The molecule has 0 N–H and O–H groups in total. The fourth-order valence-corrected chi connectivity index (χ4v) is 6.33. The summed E-state index contributed by atoms with van der Waals surface area (Å²) in [5.41, 5.74) is 2.19. The second kappa shape index (κ2) is 10.3. The van der Waals surface area contributed by atoms with Gasteiger partial charge in [0, 0.05) is 36.8 Å². The van der Waals surface area contributed by atoms with Crippen LogP contribution in [0.1, 0.15) is 29.8 Å². The number of hydrogen-bond donors (Lipinski definition) is 0. The van der Waals surface area contributed by atoms with E-state index < -0.39 is 15.1 Å². The fourth-order valence-electron chi connectivity index (χ4n) is 3.82. The molecule has 2 aromatic carbocycles. The molecule has 0 atom stereocenters. The van der Waals surface area contributed by atoms with E-state index in [1.54, 1.807) is 30.9 Å². The zero-order valence-electron chi connectivity index (χ0n) is 19.5. The largest absolute Gasteiger partial charge is 0.379 e. The normalized spacial score (nSPS) is 15.2. The van der Waals surface area contributed by atoms with Crippen LogP contribution in [0.5, 0.6) is 0 Å². The molecule has 0 aliphatic carbocycles. The second-order valence-corrected chi connectivity index (χ2v) is 12.5. The Labute approximate surface area is 209 Å². The Bertz CT molecular complexity index is 1280. The van der Waals surface area contributed by atoms with Crippen LogP contribution >= 0.6 is 22.9 Å². The number of rotatable bonds is 7. The maximum absolute atomic E-state index is 13.6. The van der Waals surface area contributed by atoms with Crippen molar-refractivity contribution < 1.29 is 17.9 Å². The molecule has 10 heteroatoms. The smallest absolute Gasteiger partial charge is 0.260 e. The van der Waals surface area contributed by atoms with Crippen LogP contribution in [0.25, 0.3) is 10.2 Å². The number of anilines is 1. The van der Waals surface area contributed by atoms with Crippen molar-refractivity contribution in [2.24, 2.45) is 0 Å². The van der Waals surface area contributed by atoms with Gasteiger partial charge >= 0.3 is 0 Å². The zero-order valence-corrected chi connectivity index (χ0v) is 21.8. The molecule has 182 valence electrons. The summed E-state index contributed by atoms with van der Waals surface area (Å²) in [7, 11) is -3.41. The third-order valence-electron chi connectivity index (χ3n) is 5.91. The minimum atomic E-state index is -3.41. The van der Waals surface area contributed by atoms with Crippen molar-refractivity contribution in [2.75, 3.05) is 44.3 Å². The Hall–Kier alpha value is -2.04. The number of benzene rings is 2. The lowest BCUT2D eigenvalue weighted by molar-refractivity contribution is 0.0391. The maximum atomic E-state index is 13.6. The van der Waals surface area contributed by atoms with Crippen LogP contribution in [0.4, 0.5) is 5.13 Å². The number of aromatic nitrogens is 1. The van der Waals surface area contributed by atoms with Gasteiger partial charge in [-0.15, -0.1) is 0 Å². The molecule has 1 aliphatic rings. The number of aryl methyl sites for hydroxylation is 1. The average molecular weight is 522 g/mol. The summed E-state index contributed by atoms with van der Waals surface area (Å²) in [6, 6.07) is 9.89. The number of fused-ring (bicyclic) bond motifs is 1. The summed E-state index contributed by atoms with van der Waals surface area (Å²) in [6.07, 6.45) is 0. The van der Waals surface area contributed by atoms with Gasteiger partial charge in [0.1, 0.15) is 0 Å². The standard InChI is InChI=1S/C24H28ClN3O4S2/c1-16(2)34(30,31)20-6-4-18(5-7-20)23(29)28(9-8-27-10-12-32-13-11-27)24-26-22-17(3)14-19(25)15-21(22)33-24/h4-7,14-16H,8-13H2,1-3H3. The van der Waals surface area contributed by atoms with E-state index >= 15 is 0 Å². The van der Waals surface area contributed by atoms with Gasteiger partial charge in [0.05, 0.1) is 33.6 Å². The van der Waals surface area contributed by atoms with Gasteiger partial charge in [-0.2, -0.15) is 0 Å². The van der Waals surface area contributed by atoms with Crippen LogP contribution in [0.15, 0.2) is 41.3 Å². The van der Waals surface area contributed by atoms with Gasteiger partial charge in [-0.25, -0.2) is 13.4 Å². The SMILES string of the molecule is Cc1cc(Cl)cc2sc(N(CCN3CCOCC3)C(=O)c3ccc(S(=O)(=O)C(C)C)cc3)nc12. The Kier molecular flexibility index (Phi) is 7.59. The highest BCUT2D eigenvalue weighted by atomic mass is 35.5. The van der Waals surface area contributed by atoms with Gasteiger partial charge < -0.3 is 4.74 Å². The van der Waals surface area contributed by atoms with E-state index in [1.165, 1.54) is 23.5 Å². The molecular formula is C24H28ClN3O4S2. The van der Waals surface area contributed by atoms with Crippen molar-refractivity contribution >= 4 is 54.0 Å². The van der Waals surface area contributed by atoms with Crippen molar-refractivity contribution in [2.45, 2.75) is 30.9 Å². The number of carbonyl (C=O) groups excluding carboxylic acids is 1. The molecule has 1 aromatic heterocycles. The summed E-state index contributed by atoms with van der Waals surface area (Å²) in [4.78, 5) is 22.5. The van der Waals surface area contributed by atoms with Gasteiger partial charge in [-0.3, -0.25) is 14.6 Å². The molecule has 2 heterocycles. The lowest BCUT2D eigenvalue weighted by atomic mass is 10.2. The highest BCUT2D eigenvalue weighted by Crippen LogP contribution is 2.33. The Balaban J connectivity index is 1.66. The van der Waals surface area contributed by atoms with E-state index in [1.807, 2.05) is 19.1 Å². The number of amides is 1. The van der Waals surface area contributed by atoms with Gasteiger partial charge in [0.25, 0.3) is 5.91 Å². The van der Waals surface area contributed by atoms with Crippen LogP contribution in [0.2, 0.25) is 5.02 Å². The minimum absolute atomic E-state index is 0.212. The molecule has 1 aliphatic heterocycles. The summed E-state index contributed by atoms with van der Waals surface area (Å²) >= 11 is 7.66. The predicted octanol–water partition coefficient (Wildman–Crippen LogP) is 4.42. The monoisotopic (exact) mass is 521 g/mol. The summed E-state index contributed by atoms with van der Waals surface area (Å²) in [5, 5.41) is 0.697. The Morgan fingerprint density at radius 3 is 2.53 bits per heavy atom. The number of thiazole rings is 1. The minimum Gasteiger partial charge on any atom is -0.379 e. The number of carbonyl (C=O) groups is 1. The third-order valence-corrected chi connectivity index (χ3v) is 9.32. The first-order chi connectivity index (χ1) is 16.2. The highest BCUT2D eigenvalue weighted by Gasteiger charge is 2.25. The molecule has 0 spiro atoms. The zero-order chi connectivity index (χ0) is 24.5. The van der Waals surface area contributed by atoms with Crippen LogP contribution in [-0.4, -0.2) is 68.9 Å². The predicted molar refractivity (Wildman–Crippen MR) is 137 cm³/mol. The van der Waals surface area contributed by atoms with Crippen LogP contribution < -0.4 is 4.90 Å². The average Bonchev–Trinajstić information content (AvgIpc) is 3.24. The molecule has 1 saturated heterocycles. The highest BCUT2D eigenvalue weighted by molar-refractivity contribution is 7.92. The molecule has 0 radical (unpaired) electrons. The number of morpholine rings is 1. The first-order valence-electron chi connectivity index (χ1n) is 11.2. The summed E-state index contributed by atoms with van der Waals surface area (Å²) in [5.74, 6) is -0.218. The lowest BCUT2D eigenvalue weighted by Crippen LogP contribution is -2.43. The van der Waals surface area contributed by atoms with Crippen LogP contribution in [0.3, 0.4) is 0 Å². The second-order valence-electron chi connectivity index (χ2n) is 8.59. The summed E-state index contributed by atoms with van der Waals surface area (Å²) in [6.45, 7) is 9.37. The topological polar surface area (TPSA) is 79.8 Å². The molecule has 1 fully saturated rings. The molecular weight excluding hydrogens is 494 g/mol. The van der Waals surface area contributed by atoms with Crippen molar-refractivity contribution in [3.05, 3.63) is 52.5 Å². The number of sulfone groups is 1. The van der Waals surface area contributed by atoms with E-state index in [-0.39, 0.29) is 10.8 Å². The Morgan fingerprint density at radius 2 is 1.88 bits per heavy atom. The number of ether oxygens (including phenoxy) is 1. The number of hydrogen-bond acceptors (Lipinski definition) is 7. The van der Waals surface area contributed by atoms with Crippen molar-refractivity contribution in [3.8, 4) is 0 Å². The van der Waals surface area contributed by atoms with Gasteiger partial charge in [0.15, 0.2) is 15.0 Å². The first kappa shape index (κ1) is 25.1. The first-order valence-corrected chi connectivity index (χ1v) is 13.9. The lowest BCUT2D eigenvalue weighted by Gasteiger charge is -2.29. The van der Waals surface area contributed by atoms with Crippen molar-refractivity contribution in [1.82, 2.24) is 9.88 Å².